The zero-order valence-electron chi connectivity index (χ0n) is 11.1. The van der Waals surface area contributed by atoms with Crippen molar-refractivity contribution in [3.05, 3.63) is 36.6 Å². The first-order valence-corrected chi connectivity index (χ1v) is 6.12. The number of nitrogens with zero attached hydrogens (tertiary/aromatic N) is 1. The molecule has 1 N–H and O–H groups in total. The third kappa shape index (κ3) is 5.17. The molecule has 2 nitrogen and oxygen atoms in total. The zero-order chi connectivity index (χ0) is 12.4. The van der Waals surface area contributed by atoms with Gasteiger partial charge in [0.25, 0.3) is 0 Å². The fourth-order valence-electron chi connectivity index (χ4n) is 1.55. The summed E-state index contributed by atoms with van der Waals surface area (Å²) in [5.41, 5.74) is 2.42. The highest BCUT2D eigenvalue weighted by Crippen LogP contribution is 2.12. The van der Waals surface area contributed by atoms with Crippen LogP contribution in [0.4, 0.5) is 0 Å². The molecule has 16 heavy (non-hydrogen) atoms. The van der Waals surface area contributed by atoms with Gasteiger partial charge in [-0.15, -0.1) is 0 Å². The second-order valence-corrected chi connectivity index (χ2v) is 3.92. The molecular weight excluding hydrogens is 196 g/mol. The molecule has 1 aliphatic rings. The molecule has 2 heteroatoms. The monoisotopic (exact) mass is 222 g/mol. The average molecular weight is 222 g/mol. The van der Waals surface area contributed by atoms with E-state index in [0.29, 0.717) is 0 Å². The molecule has 1 heterocycles. The van der Waals surface area contributed by atoms with Crippen molar-refractivity contribution < 1.29 is 0 Å². The minimum atomic E-state index is 1.06. The lowest BCUT2D eigenvalue weighted by atomic mass is 10.2. The van der Waals surface area contributed by atoms with Crippen LogP contribution in [0.5, 0.6) is 0 Å². The number of allylic oxidation sites excluding steroid dienone is 3. The van der Waals surface area contributed by atoms with E-state index >= 15 is 0 Å². The molecule has 0 spiro atoms. The number of hydrogen-bond donors (Lipinski definition) is 1. The van der Waals surface area contributed by atoms with E-state index in [1.54, 1.807) is 0 Å². The summed E-state index contributed by atoms with van der Waals surface area (Å²) in [5.74, 6) is 0. The van der Waals surface area contributed by atoms with Crippen LogP contribution in [0.15, 0.2) is 36.6 Å². The van der Waals surface area contributed by atoms with Gasteiger partial charge in [0.2, 0.25) is 0 Å². The van der Waals surface area contributed by atoms with Gasteiger partial charge >= 0.3 is 0 Å². The fourth-order valence-corrected chi connectivity index (χ4v) is 1.55. The first-order chi connectivity index (χ1) is 7.71. The van der Waals surface area contributed by atoms with Gasteiger partial charge in [0.15, 0.2) is 0 Å². The molecule has 0 aliphatic carbocycles. The van der Waals surface area contributed by atoms with Crippen LogP contribution in [0.3, 0.4) is 0 Å². The first-order valence-electron chi connectivity index (χ1n) is 6.12. The Kier molecular flexibility index (Phi) is 8.64. The summed E-state index contributed by atoms with van der Waals surface area (Å²) in [7, 11) is 0. The van der Waals surface area contributed by atoms with Crippen molar-refractivity contribution in [2.75, 3.05) is 26.2 Å². The summed E-state index contributed by atoms with van der Waals surface area (Å²) in [4.78, 5) is 2.35. The second-order valence-electron chi connectivity index (χ2n) is 3.92. The third-order valence-corrected chi connectivity index (χ3v) is 2.36. The molecule has 0 saturated carbocycles. The van der Waals surface area contributed by atoms with E-state index in [0.717, 1.165) is 26.2 Å². The van der Waals surface area contributed by atoms with Crippen LogP contribution >= 0.6 is 0 Å². The Morgan fingerprint density at radius 1 is 1.19 bits per heavy atom. The highest BCUT2D eigenvalue weighted by atomic mass is 15.2. The highest BCUT2D eigenvalue weighted by Gasteiger charge is 2.11. The molecule has 0 unspecified atom stereocenters. The smallest absolute Gasteiger partial charge is 0.0390 e. The molecule has 1 rings (SSSR count). The maximum atomic E-state index is 3.84. The highest BCUT2D eigenvalue weighted by molar-refractivity contribution is 5.28. The fraction of sp³-hybridized carbons (Fsp3) is 0.571. The molecule has 0 bridgehead atoms. The van der Waals surface area contributed by atoms with E-state index in [9.17, 15) is 0 Å². The zero-order valence-corrected chi connectivity index (χ0v) is 11.1. The molecular formula is C14H26N2. The molecule has 0 atom stereocenters. The summed E-state index contributed by atoms with van der Waals surface area (Å²) in [6.07, 6.45) is 5.06. The third-order valence-electron chi connectivity index (χ3n) is 2.36. The Hall–Kier alpha value is -1.02. The Labute approximate surface area is 101 Å². The van der Waals surface area contributed by atoms with E-state index in [1.165, 1.54) is 17.7 Å². The summed E-state index contributed by atoms with van der Waals surface area (Å²) in [5, 5.41) is 3.33. The van der Waals surface area contributed by atoms with Crippen molar-refractivity contribution in [3.8, 4) is 0 Å². The number of hydrogen-bond acceptors (Lipinski definition) is 2. The maximum absolute atomic E-state index is 3.84. The van der Waals surface area contributed by atoms with Gasteiger partial charge < -0.3 is 10.2 Å². The van der Waals surface area contributed by atoms with E-state index in [-0.39, 0.29) is 0 Å². The van der Waals surface area contributed by atoms with Crippen molar-refractivity contribution in [1.82, 2.24) is 10.2 Å². The number of rotatable bonds is 3. The summed E-state index contributed by atoms with van der Waals surface area (Å²) >= 11 is 0. The van der Waals surface area contributed by atoms with Gasteiger partial charge in [0.05, 0.1) is 0 Å². The molecule has 0 aromatic rings. The van der Waals surface area contributed by atoms with Crippen molar-refractivity contribution >= 4 is 0 Å². The van der Waals surface area contributed by atoms with Crippen LogP contribution in [0.1, 0.15) is 27.2 Å². The van der Waals surface area contributed by atoms with Crippen molar-refractivity contribution in [2.24, 2.45) is 0 Å². The van der Waals surface area contributed by atoms with Crippen LogP contribution in [-0.4, -0.2) is 31.1 Å². The molecule has 1 saturated heterocycles. The molecule has 0 aromatic heterocycles. The SMILES string of the molecule is C=C/C(C)=C(\C=C)N1CCNCC1.CCC. The van der Waals surface area contributed by atoms with Crippen molar-refractivity contribution in [2.45, 2.75) is 27.2 Å². The molecule has 1 aliphatic heterocycles. The van der Waals surface area contributed by atoms with Crippen LogP contribution in [0, 0.1) is 0 Å². The Balaban J connectivity index is 0.000000673. The van der Waals surface area contributed by atoms with E-state index < -0.39 is 0 Å². The molecule has 1 fully saturated rings. The largest absolute Gasteiger partial charge is 0.369 e. The van der Waals surface area contributed by atoms with Gasteiger partial charge in [0.1, 0.15) is 0 Å². The van der Waals surface area contributed by atoms with Gasteiger partial charge in [-0.05, 0) is 18.6 Å². The van der Waals surface area contributed by atoms with E-state index in [2.05, 4.69) is 44.1 Å². The number of piperazine rings is 1. The molecule has 92 valence electrons. The van der Waals surface area contributed by atoms with Gasteiger partial charge in [-0.3, -0.25) is 0 Å². The van der Waals surface area contributed by atoms with Gasteiger partial charge in [-0.2, -0.15) is 0 Å². The number of nitrogens with one attached hydrogen (secondary N) is 1. The first kappa shape index (κ1) is 15.0. The lowest BCUT2D eigenvalue weighted by molar-refractivity contribution is 0.305. The van der Waals surface area contributed by atoms with Crippen LogP contribution in [0.2, 0.25) is 0 Å². The van der Waals surface area contributed by atoms with Crippen molar-refractivity contribution in [1.29, 1.82) is 0 Å². The topological polar surface area (TPSA) is 15.3 Å². The molecule has 0 amide bonds. The summed E-state index contributed by atoms with van der Waals surface area (Å²) in [6, 6.07) is 0. The van der Waals surface area contributed by atoms with Crippen LogP contribution in [0.25, 0.3) is 0 Å². The minimum absolute atomic E-state index is 1.06. The van der Waals surface area contributed by atoms with Crippen molar-refractivity contribution in [3.63, 3.8) is 0 Å². The Morgan fingerprint density at radius 3 is 2.06 bits per heavy atom. The molecule has 0 aromatic carbocycles. The summed E-state index contributed by atoms with van der Waals surface area (Å²) in [6.45, 7) is 18.2. The quantitative estimate of drug-likeness (QED) is 0.739. The minimum Gasteiger partial charge on any atom is -0.369 e. The molecule has 0 radical (unpaired) electrons. The normalized spacial score (nSPS) is 16.8. The van der Waals surface area contributed by atoms with Crippen LogP contribution < -0.4 is 5.32 Å². The lowest BCUT2D eigenvalue weighted by Gasteiger charge is -2.31. The lowest BCUT2D eigenvalue weighted by Crippen LogP contribution is -2.42. The van der Waals surface area contributed by atoms with Gasteiger partial charge in [-0.1, -0.05) is 39.5 Å². The predicted molar refractivity (Wildman–Crippen MR) is 73.5 cm³/mol. The predicted octanol–water partition coefficient (Wildman–Crippen LogP) is 2.95. The van der Waals surface area contributed by atoms with E-state index in [1.807, 2.05) is 12.2 Å². The van der Waals surface area contributed by atoms with Gasteiger partial charge in [-0.25, -0.2) is 0 Å². The second kappa shape index (κ2) is 9.22. The standard InChI is InChI=1S/C11H18N2.C3H8/c1-4-10(3)11(5-2)13-8-6-12-7-9-13;1-3-2/h4-5,12H,1-2,6-9H2,3H3;3H2,1-2H3/b11-10+;. The maximum Gasteiger partial charge on any atom is 0.0390 e. The van der Waals surface area contributed by atoms with Crippen LogP contribution in [-0.2, 0) is 0 Å². The van der Waals surface area contributed by atoms with Gasteiger partial charge in [0, 0.05) is 31.9 Å². The summed E-state index contributed by atoms with van der Waals surface area (Å²) < 4.78 is 0. The average Bonchev–Trinajstić information content (AvgIpc) is 2.32. The van der Waals surface area contributed by atoms with E-state index in [4.69, 9.17) is 0 Å². The Bertz CT molecular complexity index is 235. The Morgan fingerprint density at radius 2 is 1.69 bits per heavy atom.